The first-order chi connectivity index (χ1) is 36.2. The highest BCUT2D eigenvalue weighted by atomic mass is 31.2. The molecule has 0 aliphatic heterocycles. The lowest BCUT2D eigenvalue weighted by Gasteiger charge is -2.27. The fraction of sp³-hybridized carbons (Fsp3) is 1.00. The number of unbranched alkanes of at least 4 members (excludes halogenated alkanes) is 42. The molecule has 0 aromatic rings. The van der Waals surface area contributed by atoms with Gasteiger partial charge in [0, 0.05) is 0 Å². The van der Waals surface area contributed by atoms with Crippen LogP contribution in [-0.2, 0) is 33.3 Å². The van der Waals surface area contributed by atoms with Crippen LogP contribution < -0.4 is 0 Å². The van der Waals surface area contributed by atoms with E-state index in [0.717, 1.165) is 77.0 Å². The summed E-state index contributed by atoms with van der Waals surface area (Å²) in [4.78, 5) is 18.4. The molecule has 0 spiro atoms. The van der Waals surface area contributed by atoms with Crippen LogP contribution in [0.25, 0.3) is 0 Å². The largest absolute Gasteiger partial charge is 0.556 e. The number of hydrogen-bond acceptors (Lipinski definition) is 7. The quantitative estimate of drug-likeness (QED) is 0.0260. The first-order valence-corrected chi connectivity index (χ1v) is 35.3. The Hall–Kier alpha value is -0.0100. The monoisotopic (exact) mass is 1070 g/mol. The van der Waals surface area contributed by atoms with Gasteiger partial charge in [0.2, 0.25) is 0 Å². The van der Waals surface area contributed by atoms with Crippen molar-refractivity contribution in [1.29, 1.82) is 0 Å². The summed E-state index contributed by atoms with van der Waals surface area (Å²) in [6.45, 7) is 20.0. The van der Waals surface area contributed by atoms with Gasteiger partial charge < -0.3 is 0 Å². The van der Waals surface area contributed by atoms with Crippen molar-refractivity contribution < 1.29 is 33.3 Å². The second kappa shape index (κ2) is 57.7. The Balaban J connectivity index is 5.27. The number of rotatable bonds is 63. The zero-order valence-electron chi connectivity index (χ0n) is 51.8. The molecule has 0 radical (unpaired) electrons. The summed E-state index contributed by atoms with van der Waals surface area (Å²) in [6, 6.07) is 0. The molecule has 7 nitrogen and oxygen atoms in total. The van der Waals surface area contributed by atoms with Gasteiger partial charge in [-0.3, -0.25) is 0 Å². The van der Waals surface area contributed by atoms with Crippen LogP contribution in [0.15, 0.2) is 0 Å². The Bertz CT molecular complexity index is 991. The molecule has 0 bridgehead atoms. The minimum absolute atomic E-state index is 0.216. The molecule has 446 valence electrons. The molecule has 8 heteroatoms. The molecular weight excluding hydrogens is 936 g/mol. The van der Waals surface area contributed by atoms with Crippen LogP contribution in [0.5, 0.6) is 0 Å². The summed E-state index contributed by atoms with van der Waals surface area (Å²) >= 11 is 0. The Morgan fingerprint density at radius 2 is 0.392 bits per heavy atom. The predicted molar refractivity (Wildman–Crippen MR) is 322 cm³/mol. The van der Waals surface area contributed by atoms with E-state index in [1.807, 2.05) is 0 Å². The molecule has 0 heterocycles. The van der Waals surface area contributed by atoms with E-state index < -0.39 is 7.82 Å². The van der Waals surface area contributed by atoms with Crippen LogP contribution >= 0.6 is 7.82 Å². The van der Waals surface area contributed by atoms with Crippen LogP contribution in [0.2, 0.25) is 0 Å². The lowest BCUT2D eigenvalue weighted by atomic mass is 9.96. The molecule has 0 saturated carbocycles. The third-order valence-electron chi connectivity index (χ3n) is 16.9. The van der Waals surface area contributed by atoms with Crippen LogP contribution in [0.1, 0.15) is 390 Å². The molecule has 0 saturated heterocycles. The van der Waals surface area contributed by atoms with E-state index in [0.29, 0.717) is 0 Å². The molecule has 0 aliphatic carbocycles. The number of phosphoric acid groups is 1. The molecule has 0 aliphatic rings. The maximum absolute atomic E-state index is 14.7. The van der Waals surface area contributed by atoms with Crippen LogP contribution in [0, 0.1) is 17.8 Å². The SMILES string of the molecule is CCCCCCCCCCCCCCCCCC(OOP(=O)(OOC(CCCCCCCCCCCCCCCCC)C(C)CC)OOC(CCCCCCCCCCCCCCCCC)C(C)CC)C(C)CC. The maximum atomic E-state index is 14.7. The van der Waals surface area contributed by atoms with Crippen molar-refractivity contribution in [3.8, 4) is 0 Å². The van der Waals surface area contributed by atoms with Crippen LogP contribution in [0.4, 0.5) is 0 Å². The van der Waals surface area contributed by atoms with Gasteiger partial charge in [0.15, 0.2) is 0 Å². The summed E-state index contributed by atoms with van der Waals surface area (Å²) in [5.41, 5.74) is 0. The minimum Gasteiger partial charge on any atom is -0.223 e. The van der Waals surface area contributed by atoms with Gasteiger partial charge in [-0.2, -0.15) is 0 Å². The summed E-state index contributed by atoms with van der Waals surface area (Å²) in [5, 5.41) is 0. The molecule has 0 rings (SSSR count). The highest BCUT2D eigenvalue weighted by molar-refractivity contribution is 7.48. The average Bonchev–Trinajstić information content (AvgIpc) is 3.41. The summed E-state index contributed by atoms with van der Waals surface area (Å²) in [7, 11) is -4.42. The number of hydrogen-bond donors (Lipinski definition) is 0. The van der Waals surface area contributed by atoms with Gasteiger partial charge in [-0.25, -0.2) is 19.2 Å². The van der Waals surface area contributed by atoms with Crippen molar-refractivity contribution in [2.24, 2.45) is 17.8 Å². The molecule has 0 aromatic carbocycles. The van der Waals surface area contributed by atoms with Gasteiger partial charge in [-0.1, -0.05) is 371 Å². The Morgan fingerprint density at radius 3 is 0.541 bits per heavy atom. The molecule has 0 amide bonds. The summed E-state index contributed by atoms with van der Waals surface area (Å²) in [6.07, 6.45) is 64.6. The molecule has 0 N–H and O–H groups in total. The van der Waals surface area contributed by atoms with Crippen LogP contribution in [-0.4, -0.2) is 18.3 Å². The second-order valence-electron chi connectivity index (χ2n) is 23.9. The van der Waals surface area contributed by atoms with E-state index in [4.69, 9.17) is 28.7 Å². The van der Waals surface area contributed by atoms with Gasteiger partial charge >= 0.3 is 7.82 Å². The van der Waals surface area contributed by atoms with E-state index >= 15 is 0 Å². The standard InChI is InChI=1S/C66H135O7P/c1-10-16-19-22-25-28-31-34-37-40-43-46-49-52-55-58-64(61(7)13-4)68-71-74(67,72-69-65(62(8)14-5)59-56-53-50-47-44-41-38-35-32-29-26-23-20-17-11-2)73-70-66(63(9)15-6)60-57-54-51-48-45-42-39-36-33-30-27-24-21-18-12-3/h61-66H,10-60H2,1-9H3. The van der Waals surface area contributed by atoms with Gasteiger partial charge in [-0.15, -0.1) is 14.0 Å². The average molecular weight is 1070 g/mol. The highest BCUT2D eigenvalue weighted by Gasteiger charge is 2.38. The molecule has 0 fully saturated rings. The van der Waals surface area contributed by atoms with Crippen molar-refractivity contribution >= 4 is 7.82 Å². The van der Waals surface area contributed by atoms with Gasteiger partial charge in [0.25, 0.3) is 0 Å². The normalized spacial score (nSPS) is 15.3. The Morgan fingerprint density at radius 1 is 0.243 bits per heavy atom. The topological polar surface area (TPSA) is 72.5 Å². The van der Waals surface area contributed by atoms with Crippen molar-refractivity contribution in [2.45, 2.75) is 408 Å². The highest BCUT2D eigenvalue weighted by Crippen LogP contribution is 2.52. The lowest BCUT2D eigenvalue weighted by Crippen LogP contribution is -2.25. The van der Waals surface area contributed by atoms with E-state index in [-0.39, 0.29) is 36.1 Å². The first kappa shape index (κ1) is 74.0. The molecule has 74 heavy (non-hydrogen) atoms. The van der Waals surface area contributed by atoms with Crippen molar-refractivity contribution in [3.05, 3.63) is 0 Å². The van der Waals surface area contributed by atoms with Gasteiger partial charge in [0.1, 0.15) is 0 Å². The van der Waals surface area contributed by atoms with E-state index in [2.05, 4.69) is 62.3 Å². The first-order valence-electron chi connectivity index (χ1n) is 33.9. The Labute approximate surface area is 464 Å². The van der Waals surface area contributed by atoms with Crippen molar-refractivity contribution in [3.63, 3.8) is 0 Å². The molecule has 0 aromatic heterocycles. The zero-order valence-corrected chi connectivity index (χ0v) is 52.7. The molecular formula is C66H135O7P. The van der Waals surface area contributed by atoms with E-state index in [1.54, 1.807) is 0 Å². The van der Waals surface area contributed by atoms with Crippen LogP contribution in [0.3, 0.4) is 0 Å². The third-order valence-corrected chi connectivity index (χ3v) is 17.7. The lowest BCUT2D eigenvalue weighted by molar-refractivity contribution is -0.362. The van der Waals surface area contributed by atoms with Crippen molar-refractivity contribution in [1.82, 2.24) is 0 Å². The van der Waals surface area contributed by atoms with E-state index in [1.165, 1.54) is 250 Å². The minimum atomic E-state index is -4.42. The van der Waals surface area contributed by atoms with Crippen molar-refractivity contribution in [2.75, 3.05) is 0 Å². The fourth-order valence-electron chi connectivity index (χ4n) is 10.6. The smallest absolute Gasteiger partial charge is 0.223 e. The summed E-state index contributed by atoms with van der Waals surface area (Å²) in [5.74, 6) is 0.647. The van der Waals surface area contributed by atoms with Gasteiger partial charge in [0.05, 0.1) is 18.3 Å². The summed E-state index contributed by atoms with van der Waals surface area (Å²) < 4.78 is 32.2. The fourth-order valence-corrected chi connectivity index (χ4v) is 11.3. The predicted octanol–water partition coefficient (Wildman–Crippen LogP) is 25.0. The zero-order chi connectivity index (χ0) is 54.3. The Kier molecular flexibility index (Phi) is 57.7. The molecule has 6 unspecified atom stereocenters. The van der Waals surface area contributed by atoms with E-state index in [9.17, 15) is 4.57 Å². The third kappa shape index (κ3) is 47.9. The maximum Gasteiger partial charge on any atom is 0.556 e. The second-order valence-corrected chi connectivity index (χ2v) is 25.3. The molecule has 6 atom stereocenters. The van der Waals surface area contributed by atoms with Gasteiger partial charge in [-0.05, 0) is 37.0 Å².